The summed E-state index contributed by atoms with van der Waals surface area (Å²) in [5.74, 6) is 0.933. The number of nitrogens with two attached hydrogens (primary N) is 1. The molecule has 2 heteroatoms. The van der Waals surface area contributed by atoms with Gasteiger partial charge in [0.05, 0.1) is 0 Å². The standard InChI is InChI=1S/C17H26N2/c1-13(18)11-15-7-4-8-17-16(15)9-10-19(17)12-14-5-2-3-6-14/h4,7-8,13-14H,2-3,5-6,9-12,18H2,1H3. The number of anilines is 1. The fourth-order valence-corrected chi connectivity index (χ4v) is 3.81. The summed E-state index contributed by atoms with van der Waals surface area (Å²) in [6.07, 6.45) is 7.98. The van der Waals surface area contributed by atoms with Gasteiger partial charge in [-0.25, -0.2) is 0 Å². The SMILES string of the molecule is CC(N)Cc1cccc2c1CCN2CC1CCCC1. The zero-order valence-electron chi connectivity index (χ0n) is 12.1. The molecule has 1 fully saturated rings. The van der Waals surface area contributed by atoms with E-state index < -0.39 is 0 Å². The molecule has 104 valence electrons. The van der Waals surface area contributed by atoms with Gasteiger partial charge in [0.1, 0.15) is 0 Å². The van der Waals surface area contributed by atoms with Crippen LogP contribution in [0, 0.1) is 5.92 Å². The van der Waals surface area contributed by atoms with E-state index >= 15 is 0 Å². The minimum absolute atomic E-state index is 0.260. The first-order valence-corrected chi connectivity index (χ1v) is 7.85. The summed E-state index contributed by atoms with van der Waals surface area (Å²) in [5.41, 5.74) is 10.5. The Morgan fingerprint density at radius 2 is 2.11 bits per heavy atom. The highest BCUT2D eigenvalue weighted by Crippen LogP contribution is 2.34. The number of fused-ring (bicyclic) bond motifs is 1. The van der Waals surface area contributed by atoms with Gasteiger partial charge in [0.25, 0.3) is 0 Å². The van der Waals surface area contributed by atoms with Crippen LogP contribution in [0.2, 0.25) is 0 Å². The third kappa shape index (κ3) is 2.79. The molecule has 0 saturated heterocycles. The highest BCUT2D eigenvalue weighted by Gasteiger charge is 2.25. The lowest BCUT2D eigenvalue weighted by atomic mass is 9.99. The third-order valence-electron chi connectivity index (χ3n) is 4.72. The quantitative estimate of drug-likeness (QED) is 0.899. The predicted octanol–water partition coefficient (Wildman–Crippen LogP) is 3.13. The Kier molecular flexibility index (Phi) is 3.79. The van der Waals surface area contributed by atoms with Crippen LogP contribution in [0.3, 0.4) is 0 Å². The molecule has 1 atom stereocenters. The van der Waals surface area contributed by atoms with E-state index in [1.165, 1.54) is 56.4 Å². The first-order valence-electron chi connectivity index (χ1n) is 7.85. The van der Waals surface area contributed by atoms with Gasteiger partial charge >= 0.3 is 0 Å². The van der Waals surface area contributed by atoms with Gasteiger partial charge in [-0.05, 0) is 55.7 Å². The number of benzene rings is 1. The number of rotatable bonds is 4. The van der Waals surface area contributed by atoms with Crippen molar-refractivity contribution in [3.8, 4) is 0 Å². The van der Waals surface area contributed by atoms with Gasteiger partial charge in [0, 0.05) is 24.8 Å². The minimum atomic E-state index is 0.260. The highest BCUT2D eigenvalue weighted by molar-refractivity contribution is 5.61. The van der Waals surface area contributed by atoms with Crippen molar-refractivity contribution < 1.29 is 0 Å². The Hall–Kier alpha value is -1.02. The van der Waals surface area contributed by atoms with E-state index in [1.807, 2.05) is 0 Å². The molecule has 19 heavy (non-hydrogen) atoms. The van der Waals surface area contributed by atoms with E-state index in [0.29, 0.717) is 0 Å². The van der Waals surface area contributed by atoms with Gasteiger partial charge in [-0.2, -0.15) is 0 Å². The first-order chi connectivity index (χ1) is 9.24. The van der Waals surface area contributed by atoms with Crippen molar-refractivity contribution in [2.45, 2.75) is 51.5 Å². The maximum atomic E-state index is 5.97. The molecule has 0 aromatic heterocycles. The molecule has 1 heterocycles. The van der Waals surface area contributed by atoms with Crippen molar-refractivity contribution in [2.75, 3.05) is 18.0 Å². The molecule has 3 rings (SSSR count). The minimum Gasteiger partial charge on any atom is -0.371 e. The first kappa shape index (κ1) is 13.0. The highest BCUT2D eigenvalue weighted by atomic mass is 15.1. The lowest BCUT2D eigenvalue weighted by Crippen LogP contribution is -2.26. The molecule has 2 aliphatic rings. The molecule has 1 unspecified atom stereocenters. The summed E-state index contributed by atoms with van der Waals surface area (Å²) in [7, 11) is 0. The average molecular weight is 258 g/mol. The molecule has 1 aliphatic carbocycles. The number of nitrogens with zero attached hydrogens (tertiary/aromatic N) is 1. The van der Waals surface area contributed by atoms with Gasteiger partial charge in [-0.1, -0.05) is 25.0 Å². The van der Waals surface area contributed by atoms with Gasteiger partial charge in [0.15, 0.2) is 0 Å². The van der Waals surface area contributed by atoms with Gasteiger partial charge in [-0.3, -0.25) is 0 Å². The Morgan fingerprint density at radius 3 is 2.84 bits per heavy atom. The molecule has 1 aliphatic heterocycles. The van der Waals surface area contributed by atoms with Crippen LogP contribution >= 0.6 is 0 Å². The molecule has 2 N–H and O–H groups in total. The van der Waals surface area contributed by atoms with Gasteiger partial charge in [-0.15, -0.1) is 0 Å². The molecule has 0 spiro atoms. The van der Waals surface area contributed by atoms with Crippen molar-refractivity contribution in [2.24, 2.45) is 11.7 Å². The molecule has 2 nitrogen and oxygen atoms in total. The molecule has 1 saturated carbocycles. The van der Waals surface area contributed by atoms with Gasteiger partial charge < -0.3 is 10.6 Å². The van der Waals surface area contributed by atoms with Crippen molar-refractivity contribution in [1.82, 2.24) is 0 Å². The topological polar surface area (TPSA) is 29.3 Å². The van der Waals surface area contributed by atoms with Crippen LogP contribution in [0.4, 0.5) is 5.69 Å². The second-order valence-corrected chi connectivity index (χ2v) is 6.44. The lowest BCUT2D eigenvalue weighted by Gasteiger charge is -2.23. The van der Waals surface area contributed by atoms with E-state index in [0.717, 1.165) is 12.3 Å². The lowest BCUT2D eigenvalue weighted by molar-refractivity contribution is 0.538. The normalized spacial score (nSPS) is 20.8. The Morgan fingerprint density at radius 1 is 1.32 bits per heavy atom. The van der Waals surface area contributed by atoms with E-state index in [2.05, 4.69) is 30.0 Å². The van der Waals surface area contributed by atoms with Crippen LogP contribution in [0.5, 0.6) is 0 Å². The summed E-state index contributed by atoms with van der Waals surface area (Å²) in [6.45, 7) is 4.58. The third-order valence-corrected chi connectivity index (χ3v) is 4.72. The maximum absolute atomic E-state index is 5.97. The molecule has 0 amide bonds. The van der Waals surface area contributed by atoms with E-state index in [9.17, 15) is 0 Å². The monoisotopic (exact) mass is 258 g/mol. The Balaban J connectivity index is 1.76. The average Bonchev–Trinajstić information content (AvgIpc) is 3.00. The largest absolute Gasteiger partial charge is 0.371 e. The van der Waals surface area contributed by atoms with Crippen molar-refractivity contribution >= 4 is 5.69 Å². The van der Waals surface area contributed by atoms with Crippen LogP contribution in [0.15, 0.2) is 18.2 Å². The molecule has 1 aromatic carbocycles. The number of hydrogen-bond acceptors (Lipinski definition) is 2. The predicted molar refractivity (Wildman–Crippen MR) is 81.7 cm³/mol. The Labute approximate surface area is 117 Å². The van der Waals surface area contributed by atoms with Crippen molar-refractivity contribution in [1.29, 1.82) is 0 Å². The summed E-state index contributed by atoms with van der Waals surface area (Å²) < 4.78 is 0. The molecular weight excluding hydrogens is 232 g/mol. The zero-order chi connectivity index (χ0) is 13.2. The fraction of sp³-hybridized carbons (Fsp3) is 0.647. The van der Waals surface area contributed by atoms with Crippen molar-refractivity contribution in [3.05, 3.63) is 29.3 Å². The summed E-state index contributed by atoms with van der Waals surface area (Å²) in [4.78, 5) is 2.62. The van der Waals surface area contributed by atoms with Crippen molar-refractivity contribution in [3.63, 3.8) is 0 Å². The summed E-state index contributed by atoms with van der Waals surface area (Å²) in [6, 6.07) is 7.04. The summed E-state index contributed by atoms with van der Waals surface area (Å²) in [5, 5.41) is 0. The van der Waals surface area contributed by atoms with Crippen LogP contribution in [-0.2, 0) is 12.8 Å². The fourth-order valence-electron chi connectivity index (χ4n) is 3.81. The second-order valence-electron chi connectivity index (χ2n) is 6.44. The van der Waals surface area contributed by atoms with E-state index in [4.69, 9.17) is 5.73 Å². The van der Waals surface area contributed by atoms with Crippen LogP contribution in [-0.4, -0.2) is 19.1 Å². The molecular formula is C17H26N2. The van der Waals surface area contributed by atoms with E-state index in [1.54, 1.807) is 5.56 Å². The zero-order valence-corrected chi connectivity index (χ0v) is 12.1. The molecule has 0 radical (unpaired) electrons. The van der Waals surface area contributed by atoms with Crippen LogP contribution < -0.4 is 10.6 Å². The van der Waals surface area contributed by atoms with Crippen LogP contribution in [0.25, 0.3) is 0 Å². The second kappa shape index (κ2) is 5.54. The molecule has 1 aromatic rings. The van der Waals surface area contributed by atoms with Crippen LogP contribution in [0.1, 0.15) is 43.7 Å². The van der Waals surface area contributed by atoms with E-state index in [-0.39, 0.29) is 6.04 Å². The summed E-state index contributed by atoms with van der Waals surface area (Å²) >= 11 is 0. The molecule has 0 bridgehead atoms. The maximum Gasteiger partial charge on any atom is 0.0402 e. The Bertz CT molecular complexity index is 433. The smallest absolute Gasteiger partial charge is 0.0402 e. The van der Waals surface area contributed by atoms with Gasteiger partial charge in [0.2, 0.25) is 0 Å². The number of hydrogen-bond donors (Lipinski definition) is 1.